The van der Waals surface area contributed by atoms with Gasteiger partial charge in [0, 0.05) is 57.4 Å². The second-order valence-corrected chi connectivity index (χ2v) is 7.83. The van der Waals surface area contributed by atoms with Gasteiger partial charge in [0.25, 0.3) is 5.91 Å². The molecule has 1 atom stereocenters. The Balaban J connectivity index is 1.62. The highest BCUT2D eigenvalue weighted by atomic mass is 79.9. The number of methoxy groups -OCH3 is 1. The lowest BCUT2D eigenvalue weighted by molar-refractivity contribution is -0.119. The number of carbonyl (C=O) groups is 2. The summed E-state index contributed by atoms with van der Waals surface area (Å²) in [7, 11) is 1.32. The Morgan fingerprint density at radius 3 is 2.63 bits per heavy atom. The smallest absolute Gasteiger partial charge is 0.306 e. The minimum Gasteiger partial charge on any atom is -0.508 e. The summed E-state index contributed by atoms with van der Waals surface area (Å²) in [5, 5.41) is 13.6. The van der Waals surface area contributed by atoms with Crippen LogP contribution in [0.25, 0.3) is 21.8 Å². The second kappa shape index (κ2) is 6.54. The molecule has 5 rings (SSSR count). The highest BCUT2D eigenvalue weighted by molar-refractivity contribution is 9.10. The van der Waals surface area contributed by atoms with E-state index >= 15 is 0 Å². The van der Waals surface area contributed by atoms with Gasteiger partial charge < -0.3 is 19.8 Å². The molecule has 9 heteroatoms. The molecule has 0 unspecified atom stereocenters. The maximum absolute atomic E-state index is 13.4. The highest BCUT2D eigenvalue weighted by Crippen LogP contribution is 2.30. The summed E-state index contributed by atoms with van der Waals surface area (Å²) in [5.74, 6) is -2.83. The summed E-state index contributed by atoms with van der Waals surface area (Å²) < 4.78 is 6.33. The third-order valence-electron chi connectivity index (χ3n) is 5.18. The Morgan fingerprint density at radius 1 is 1.10 bits per heavy atom. The maximum atomic E-state index is 13.4. The van der Waals surface area contributed by atoms with E-state index < -0.39 is 17.5 Å². The van der Waals surface area contributed by atoms with Crippen molar-refractivity contribution in [3.05, 3.63) is 64.4 Å². The Kier molecular flexibility index (Phi) is 4.05. The lowest BCUT2D eigenvalue weighted by Gasteiger charge is -2.22. The summed E-state index contributed by atoms with van der Waals surface area (Å²) in [4.78, 5) is 36.7. The molecule has 0 saturated heterocycles. The van der Waals surface area contributed by atoms with Crippen molar-refractivity contribution in [2.45, 2.75) is 5.85 Å². The predicted octanol–water partition coefficient (Wildman–Crippen LogP) is 3.22. The van der Waals surface area contributed by atoms with Crippen molar-refractivity contribution in [3.8, 4) is 5.75 Å². The Hall–Kier alpha value is -3.43. The number of hydrogen-bond acceptors (Lipinski definition) is 5. The first-order valence-corrected chi connectivity index (χ1v) is 9.80. The maximum Gasteiger partial charge on any atom is 0.306 e. The van der Waals surface area contributed by atoms with Crippen LogP contribution < -0.4 is 5.32 Å². The van der Waals surface area contributed by atoms with E-state index in [2.05, 4.69) is 36.2 Å². The van der Waals surface area contributed by atoms with Gasteiger partial charge in [0.2, 0.25) is 5.78 Å². The number of hydrogen-bond donors (Lipinski definition) is 4. The van der Waals surface area contributed by atoms with Gasteiger partial charge in [-0.2, -0.15) is 0 Å². The summed E-state index contributed by atoms with van der Waals surface area (Å²) in [6, 6.07) is 10.2. The Morgan fingerprint density at radius 2 is 1.83 bits per heavy atom. The first-order valence-electron chi connectivity index (χ1n) is 9.01. The molecule has 0 saturated carbocycles. The van der Waals surface area contributed by atoms with Crippen LogP contribution in [-0.4, -0.2) is 45.4 Å². The number of fused-ring (bicyclic) bond motifs is 2. The summed E-state index contributed by atoms with van der Waals surface area (Å²) in [5.41, 5.74) is 2.38. The normalized spacial score (nSPS) is 18.7. The molecule has 0 bridgehead atoms. The van der Waals surface area contributed by atoms with Gasteiger partial charge in [0.15, 0.2) is 0 Å². The number of H-pyrrole nitrogens is 2. The molecule has 1 aliphatic rings. The molecule has 8 nitrogen and oxygen atoms in total. The molecule has 1 amide bonds. The van der Waals surface area contributed by atoms with Gasteiger partial charge in [0.05, 0.1) is 5.56 Å². The van der Waals surface area contributed by atoms with Crippen molar-refractivity contribution < 1.29 is 19.4 Å². The molecular weight excluding hydrogens is 452 g/mol. The fourth-order valence-corrected chi connectivity index (χ4v) is 4.07. The van der Waals surface area contributed by atoms with Gasteiger partial charge in [-0.3, -0.25) is 14.9 Å². The fraction of sp³-hybridized carbons (Fsp3) is 0.0952. The number of rotatable bonds is 4. The number of phenols is 1. The number of halogens is 1. The van der Waals surface area contributed by atoms with E-state index in [9.17, 15) is 14.7 Å². The number of nitrogens with one attached hydrogen (secondary N) is 3. The van der Waals surface area contributed by atoms with Crippen molar-refractivity contribution in [2.75, 3.05) is 7.11 Å². The minimum atomic E-state index is -1.88. The van der Waals surface area contributed by atoms with Crippen LogP contribution in [0.1, 0.15) is 15.9 Å². The van der Waals surface area contributed by atoms with Crippen molar-refractivity contribution >= 4 is 55.1 Å². The van der Waals surface area contributed by atoms with Crippen LogP contribution in [0.15, 0.2) is 58.3 Å². The summed E-state index contributed by atoms with van der Waals surface area (Å²) >= 11 is 3.42. The van der Waals surface area contributed by atoms with Crippen LogP contribution in [0, 0.1) is 0 Å². The summed E-state index contributed by atoms with van der Waals surface area (Å²) in [6.45, 7) is 0. The SMILES string of the molecule is CO[C@@]1(C(=O)c2c[nH]c3cc(O)ccc23)N=C(c2c[nH]c3cc(Br)ccc23)C(=O)N1. The van der Waals surface area contributed by atoms with E-state index in [4.69, 9.17) is 4.74 Å². The third-order valence-corrected chi connectivity index (χ3v) is 5.67. The number of Topliss-reactive ketones (excluding diaryl/α,β-unsaturated/α-hetero) is 1. The van der Waals surface area contributed by atoms with Crippen LogP contribution in [0.5, 0.6) is 5.75 Å². The molecule has 2 aromatic heterocycles. The van der Waals surface area contributed by atoms with Gasteiger partial charge in [0.1, 0.15) is 11.5 Å². The van der Waals surface area contributed by atoms with Gasteiger partial charge >= 0.3 is 5.85 Å². The van der Waals surface area contributed by atoms with Crippen molar-refractivity contribution in [1.29, 1.82) is 0 Å². The van der Waals surface area contributed by atoms with Crippen LogP contribution >= 0.6 is 15.9 Å². The number of nitrogens with zero attached hydrogens (tertiary/aromatic N) is 1. The standard InChI is InChI=1S/C21H15BrN4O4/c1-30-21(19(28)15-9-24-17-7-11(27)3-5-13(15)17)25-18(20(29)26-21)14-8-23-16-6-10(22)2-4-12(14)16/h2-9,23-24,27H,1H3,(H,26,29)/t21-/m0/s1. The average molecular weight is 467 g/mol. The monoisotopic (exact) mass is 466 g/mol. The van der Waals surface area contributed by atoms with E-state index in [1.807, 2.05) is 18.2 Å². The average Bonchev–Trinajstić information content (AvgIpc) is 3.42. The van der Waals surface area contributed by atoms with E-state index in [1.165, 1.54) is 25.4 Å². The lowest BCUT2D eigenvalue weighted by atomic mass is 10.1. The number of carbonyl (C=O) groups excluding carboxylic acids is 2. The number of aliphatic imine (C=N–C) groups is 1. The van der Waals surface area contributed by atoms with E-state index in [1.54, 1.807) is 12.3 Å². The van der Waals surface area contributed by atoms with Crippen molar-refractivity contribution in [3.63, 3.8) is 0 Å². The topological polar surface area (TPSA) is 120 Å². The van der Waals surface area contributed by atoms with Crippen molar-refractivity contribution in [1.82, 2.24) is 15.3 Å². The zero-order valence-electron chi connectivity index (χ0n) is 15.6. The van der Waals surface area contributed by atoms with Crippen LogP contribution in [-0.2, 0) is 9.53 Å². The molecule has 3 heterocycles. The third kappa shape index (κ3) is 2.66. The molecule has 2 aromatic carbocycles. The molecule has 4 N–H and O–H groups in total. The molecule has 0 aliphatic carbocycles. The van der Waals surface area contributed by atoms with Crippen LogP contribution in [0.2, 0.25) is 0 Å². The number of benzene rings is 2. The zero-order chi connectivity index (χ0) is 21.0. The van der Waals surface area contributed by atoms with E-state index in [-0.39, 0.29) is 11.5 Å². The largest absolute Gasteiger partial charge is 0.508 e. The molecule has 1 aliphatic heterocycles. The fourth-order valence-electron chi connectivity index (χ4n) is 3.71. The van der Waals surface area contributed by atoms with Gasteiger partial charge in [-0.1, -0.05) is 22.0 Å². The highest BCUT2D eigenvalue weighted by Gasteiger charge is 2.48. The number of phenolic OH excluding ortho intramolecular Hbond substituents is 1. The molecule has 4 aromatic rings. The zero-order valence-corrected chi connectivity index (χ0v) is 17.2. The molecule has 30 heavy (non-hydrogen) atoms. The quantitative estimate of drug-likeness (QED) is 0.345. The molecular formula is C21H15BrN4O4. The number of ketones is 1. The van der Waals surface area contributed by atoms with Gasteiger partial charge in [-0.25, -0.2) is 4.99 Å². The van der Waals surface area contributed by atoms with Crippen molar-refractivity contribution in [2.24, 2.45) is 4.99 Å². The van der Waals surface area contributed by atoms with Gasteiger partial charge in [-0.05, 0) is 24.3 Å². The first kappa shape index (κ1) is 18.6. The molecule has 0 fully saturated rings. The number of ether oxygens (including phenoxy) is 1. The van der Waals surface area contributed by atoms with E-state index in [0.29, 0.717) is 22.0 Å². The van der Waals surface area contributed by atoms with Crippen LogP contribution in [0.4, 0.5) is 0 Å². The molecule has 0 spiro atoms. The van der Waals surface area contributed by atoms with Crippen LogP contribution in [0.3, 0.4) is 0 Å². The second-order valence-electron chi connectivity index (χ2n) is 6.92. The summed E-state index contributed by atoms with van der Waals surface area (Å²) in [6.07, 6.45) is 3.19. The predicted molar refractivity (Wildman–Crippen MR) is 115 cm³/mol. The first-order chi connectivity index (χ1) is 14.4. The number of amides is 1. The van der Waals surface area contributed by atoms with Gasteiger partial charge in [-0.15, -0.1) is 0 Å². The number of aromatic amines is 2. The molecule has 150 valence electrons. The van der Waals surface area contributed by atoms with E-state index in [0.717, 1.165) is 15.4 Å². The number of aromatic hydroxyl groups is 1. The Labute approximate surface area is 178 Å². The lowest BCUT2D eigenvalue weighted by Crippen LogP contribution is -2.50. The Bertz CT molecular complexity index is 1390. The molecule has 0 radical (unpaired) electrons. The minimum absolute atomic E-state index is 0.0743. The number of aromatic nitrogens is 2.